The van der Waals surface area contributed by atoms with Crippen LogP contribution in [-0.4, -0.2) is 25.3 Å². The molecule has 0 bridgehead atoms. The van der Waals surface area contributed by atoms with Gasteiger partial charge in [0.2, 0.25) is 5.91 Å². The Balaban J connectivity index is 1.61. The minimum absolute atomic E-state index is 0.101. The molecule has 0 saturated carbocycles. The number of halogens is 2. The zero-order valence-electron chi connectivity index (χ0n) is 14.3. The van der Waals surface area contributed by atoms with Crippen LogP contribution in [0.25, 0.3) is 16.7 Å². The normalized spacial score (nSPS) is 10.9. The Bertz CT molecular complexity index is 1230. The van der Waals surface area contributed by atoms with Gasteiger partial charge in [0, 0.05) is 10.0 Å². The van der Waals surface area contributed by atoms with Crippen LogP contribution in [0.4, 0.5) is 0 Å². The van der Waals surface area contributed by atoms with Crippen molar-refractivity contribution >= 4 is 40.1 Å². The molecule has 0 radical (unpaired) electrons. The summed E-state index contributed by atoms with van der Waals surface area (Å²) in [7, 11) is 0. The number of hydrogen-bond donors (Lipinski definition) is 1. The highest BCUT2D eigenvalue weighted by molar-refractivity contribution is 6.31. The number of nitrogens with zero attached hydrogens (tertiary/aromatic N) is 4. The van der Waals surface area contributed by atoms with Gasteiger partial charge in [-0.3, -0.25) is 15.0 Å². The monoisotopic (exact) mass is 413 g/mol. The van der Waals surface area contributed by atoms with Gasteiger partial charge >= 0.3 is 0 Å². The third-order valence-corrected chi connectivity index (χ3v) is 4.55. The summed E-state index contributed by atoms with van der Waals surface area (Å²) in [6.45, 7) is 0. The fourth-order valence-electron chi connectivity index (χ4n) is 2.75. The third-order valence-electron chi connectivity index (χ3n) is 4.06. The van der Waals surface area contributed by atoms with E-state index in [4.69, 9.17) is 23.2 Å². The molecule has 0 saturated heterocycles. The molecule has 0 atom stereocenters. The number of amides is 1. The fraction of sp³-hybridized carbons (Fsp3) is 0.0526. The first-order valence-electron chi connectivity index (χ1n) is 8.27. The molecule has 0 aliphatic heterocycles. The molecule has 0 aliphatic carbocycles. The van der Waals surface area contributed by atoms with Crippen molar-refractivity contribution in [1.82, 2.24) is 19.4 Å². The number of fused-ring (bicyclic) bond motifs is 1. The maximum Gasteiger partial charge on any atom is 0.283 e. The zero-order chi connectivity index (χ0) is 19.7. The Kier molecular flexibility index (Phi) is 4.85. The van der Waals surface area contributed by atoms with Gasteiger partial charge in [-0.25, -0.2) is 14.3 Å². The number of rotatable bonds is 4. The zero-order valence-corrected chi connectivity index (χ0v) is 15.9. The van der Waals surface area contributed by atoms with Crippen molar-refractivity contribution in [2.24, 2.45) is 0 Å². The average molecular weight is 414 g/mol. The van der Waals surface area contributed by atoms with Crippen LogP contribution >= 0.6 is 23.2 Å². The van der Waals surface area contributed by atoms with Gasteiger partial charge in [-0.15, -0.1) is 0 Å². The summed E-state index contributed by atoms with van der Waals surface area (Å²) in [6.07, 6.45) is 2.77. The summed E-state index contributed by atoms with van der Waals surface area (Å²) >= 11 is 11.9. The molecule has 0 fully saturated rings. The Morgan fingerprint density at radius 2 is 1.86 bits per heavy atom. The van der Waals surface area contributed by atoms with Crippen LogP contribution in [0.2, 0.25) is 10.0 Å². The van der Waals surface area contributed by atoms with Gasteiger partial charge in [0.15, 0.2) is 5.65 Å². The molecule has 1 amide bonds. The molecule has 9 heteroatoms. The van der Waals surface area contributed by atoms with Gasteiger partial charge in [0.05, 0.1) is 18.3 Å². The SMILES string of the molecule is O=C(Cc1ccc(Cl)cc1)Nn1cnc2c(cnn2-c2cccc(Cl)c2)c1=O. The maximum atomic E-state index is 12.7. The van der Waals surface area contributed by atoms with E-state index >= 15 is 0 Å². The van der Waals surface area contributed by atoms with Crippen LogP contribution in [0, 0.1) is 0 Å². The van der Waals surface area contributed by atoms with Gasteiger partial charge in [-0.2, -0.15) is 5.10 Å². The standard InChI is InChI=1S/C19H13Cl2N5O2/c20-13-6-4-12(5-7-13)8-17(27)24-25-11-22-18-16(19(25)28)10-23-26(18)15-3-1-2-14(21)9-15/h1-7,9-11H,8H2,(H,24,27). The number of hydrogen-bond acceptors (Lipinski definition) is 4. The summed E-state index contributed by atoms with van der Waals surface area (Å²) in [5, 5.41) is 5.63. The number of benzene rings is 2. The van der Waals surface area contributed by atoms with E-state index in [1.807, 2.05) is 0 Å². The predicted molar refractivity (Wildman–Crippen MR) is 108 cm³/mol. The molecule has 140 valence electrons. The Hall–Kier alpha value is -3.16. The van der Waals surface area contributed by atoms with Crippen molar-refractivity contribution in [1.29, 1.82) is 0 Å². The van der Waals surface area contributed by atoms with Gasteiger partial charge in [0.25, 0.3) is 5.56 Å². The maximum absolute atomic E-state index is 12.7. The highest BCUT2D eigenvalue weighted by atomic mass is 35.5. The summed E-state index contributed by atoms with van der Waals surface area (Å²) in [5.41, 5.74) is 3.93. The van der Waals surface area contributed by atoms with E-state index in [1.165, 1.54) is 17.2 Å². The van der Waals surface area contributed by atoms with Gasteiger partial charge in [-0.05, 0) is 35.9 Å². The lowest BCUT2D eigenvalue weighted by atomic mass is 10.1. The van der Waals surface area contributed by atoms with Crippen LogP contribution in [0.15, 0.2) is 65.8 Å². The van der Waals surface area contributed by atoms with Crippen molar-refractivity contribution < 1.29 is 4.79 Å². The molecule has 4 aromatic rings. The highest BCUT2D eigenvalue weighted by Gasteiger charge is 2.13. The van der Waals surface area contributed by atoms with Crippen molar-refractivity contribution in [2.75, 3.05) is 5.43 Å². The minimum Gasteiger partial charge on any atom is -0.273 e. The van der Waals surface area contributed by atoms with Gasteiger partial charge in [0.1, 0.15) is 11.7 Å². The second-order valence-corrected chi connectivity index (χ2v) is 6.90. The van der Waals surface area contributed by atoms with Crippen molar-refractivity contribution in [2.45, 2.75) is 6.42 Å². The summed E-state index contributed by atoms with van der Waals surface area (Å²) in [6, 6.07) is 14.0. The van der Waals surface area contributed by atoms with Crippen LogP contribution in [-0.2, 0) is 11.2 Å². The quantitative estimate of drug-likeness (QED) is 0.556. The van der Waals surface area contributed by atoms with Gasteiger partial charge in [-0.1, -0.05) is 41.4 Å². The first kappa shape index (κ1) is 18.2. The van der Waals surface area contributed by atoms with E-state index in [-0.39, 0.29) is 17.7 Å². The fourth-order valence-corrected chi connectivity index (χ4v) is 3.06. The first-order chi connectivity index (χ1) is 13.5. The minimum atomic E-state index is -0.428. The topological polar surface area (TPSA) is 81.8 Å². The second kappa shape index (κ2) is 7.46. The molecule has 2 aromatic heterocycles. The van der Waals surface area contributed by atoms with Crippen LogP contribution in [0.1, 0.15) is 5.56 Å². The summed E-state index contributed by atoms with van der Waals surface area (Å²) < 4.78 is 2.56. The smallest absolute Gasteiger partial charge is 0.273 e. The van der Waals surface area contributed by atoms with E-state index < -0.39 is 5.56 Å². The summed E-state index contributed by atoms with van der Waals surface area (Å²) in [5.74, 6) is -0.354. The van der Waals surface area contributed by atoms with E-state index in [0.717, 1.165) is 10.2 Å². The lowest BCUT2D eigenvalue weighted by molar-refractivity contribution is -0.116. The van der Waals surface area contributed by atoms with E-state index in [1.54, 1.807) is 48.5 Å². The Morgan fingerprint density at radius 1 is 1.07 bits per heavy atom. The van der Waals surface area contributed by atoms with Crippen LogP contribution < -0.4 is 11.0 Å². The lowest BCUT2D eigenvalue weighted by Gasteiger charge is -2.08. The molecule has 0 unspecified atom stereocenters. The average Bonchev–Trinajstić information content (AvgIpc) is 3.11. The molecule has 2 aromatic carbocycles. The molecular weight excluding hydrogens is 401 g/mol. The lowest BCUT2D eigenvalue weighted by Crippen LogP contribution is -2.34. The van der Waals surface area contributed by atoms with Crippen molar-refractivity contribution in [3.63, 3.8) is 0 Å². The molecular formula is C19H13Cl2N5O2. The largest absolute Gasteiger partial charge is 0.283 e. The van der Waals surface area contributed by atoms with Crippen molar-refractivity contribution in [3.05, 3.63) is 87.0 Å². The van der Waals surface area contributed by atoms with E-state index in [9.17, 15) is 9.59 Å². The van der Waals surface area contributed by atoms with Crippen molar-refractivity contribution in [3.8, 4) is 5.69 Å². The first-order valence-corrected chi connectivity index (χ1v) is 9.02. The van der Waals surface area contributed by atoms with Crippen LogP contribution in [0.3, 0.4) is 0 Å². The molecule has 1 N–H and O–H groups in total. The Morgan fingerprint density at radius 3 is 2.61 bits per heavy atom. The predicted octanol–water partition coefficient (Wildman–Crippen LogP) is 3.20. The molecule has 0 spiro atoms. The molecule has 0 aliphatic rings. The molecule has 2 heterocycles. The van der Waals surface area contributed by atoms with E-state index in [2.05, 4.69) is 15.5 Å². The van der Waals surface area contributed by atoms with Crippen LogP contribution in [0.5, 0.6) is 0 Å². The number of aromatic nitrogens is 4. The molecule has 28 heavy (non-hydrogen) atoms. The molecule has 7 nitrogen and oxygen atoms in total. The second-order valence-electron chi connectivity index (χ2n) is 6.03. The summed E-state index contributed by atoms with van der Waals surface area (Å²) in [4.78, 5) is 29.2. The third kappa shape index (κ3) is 3.62. The number of carbonyl (C=O) groups excluding carboxylic acids is 1. The highest BCUT2D eigenvalue weighted by Crippen LogP contribution is 2.17. The van der Waals surface area contributed by atoms with Gasteiger partial charge < -0.3 is 0 Å². The number of carbonyl (C=O) groups is 1. The van der Waals surface area contributed by atoms with E-state index in [0.29, 0.717) is 21.4 Å². The number of nitrogens with one attached hydrogen (secondary N) is 1. The molecule has 4 rings (SSSR count). The Labute approximate surface area is 169 Å².